The van der Waals surface area contributed by atoms with E-state index in [1.165, 1.54) is 11.8 Å². The molecule has 1 aliphatic heterocycles. The van der Waals surface area contributed by atoms with E-state index in [-0.39, 0.29) is 11.4 Å². The predicted molar refractivity (Wildman–Crippen MR) is 102 cm³/mol. The van der Waals surface area contributed by atoms with E-state index in [9.17, 15) is 4.79 Å². The van der Waals surface area contributed by atoms with Gasteiger partial charge in [0.1, 0.15) is 11.5 Å². The average Bonchev–Trinajstić information content (AvgIpc) is 2.95. The molecule has 0 bridgehead atoms. The molecule has 2 aromatic rings. The summed E-state index contributed by atoms with van der Waals surface area (Å²) in [5, 5.41) is 6.24. The number of anilines is 1. The van der Waals surface area contributed by atoms with Gasteiger partial charge < -0.3 is 20.1 Å². The summed E-state index contributed by atoms with van der Waals surface area (Å²) in [6.07, 6.45) is 1.84. The topological polar surface area (TPSA) is 59.6 Å². The van der Waals surface area contributed by atoms with E-state index in [1.807, 2.05) is 55.5 Å². The lowest BCUT2D eigenvalue weighted by Crippen LogP contribution is -2.31. The highest BCUT2D eigenvalue weighted by Gasteiger charge is 2.28. The van der Waals surface area contributed by atoms with Gasteiger partial charge in [0.2, 0.25) is 0 Å². The SMILES string of the molecule is COc1ccccc1/C=C1\SC(Nc2cc(C)ccc2OC)NC1=O. The van der Waals surface area contributed by atoms with E-state index in [0.29, 0.717) is 4.91 Å². The van der Waals surface area contributed by atoms with Gasteiger partial charge in [-0.25, -0.2) is 0 Å². The summed E-state index contributed by atoms with van der Waals surface area (Å²) in [6, 6.07) is 13.5. The first-order valence-electron chi connectivity index (χ1n) is 7.84. The zero-order valence-corrected chi connectivity index (χ0v) is 15.1. The molecule has 1 fully saturated rings. The number of hydrogen-bond donors (Lipinski definition) is 2. The van der Waals surface area contributed by atoms with E-state index in [0.717, 1.165) is 28.3 Å². The van der Waals surface area contributed by atoms with E-state index in [2.05, 4.69) is 10.6 Å². The number of carbonyl (C=O) groups is 1. The van der Waals surface area contributed by atoms with Gasteiger partial charge in [0.25, 0.3) is 5.91 Å². The van der Waals surface area contributed by atoms with Crippen molar-refractivity contribution in [3.63, 3.8) is 0 Å². The van der Waals surface area contributed by atoms with Crippen LogP contribution in [-0.4, -0.2) is 25.6 Å². The summed E-state index contributed by atoms with van der Waals surface area (Å²) < 4.78 is 10.7. The van der Waals surface area contributed by atoms with Gasteiger partial charge in [-0.15, -0.1) is 0 Å². The Hall–Kier alpha value is -2.60. The summed E-state index contributed by atoms with van der Waals surface area (Å²) in [7, 11) is 3.25. The van der Waals surface area contributed by atoms with Crippen molar-refractivity contribution in [1.82, 2.24) is 5.32 Å². The second-order valence-electron chi connectivity index (χ2n) is 5.57. The van der Waals surface area contributed by atoms with Gasteiger partial charge in [0.15, 0.2) is 5.50 Å². The van der Waals surface area contributed by atoms with Crippen LogP contribution < -0.4 is 20.1 Å². The lowest BCUT2D eigenvalue weighted by atomic mass is 10.2. The van der Waals surface area contributed by atoms with Gasteiger partial charge >= 0.3 is 0 Å². The first-order chi connectivity index (χ1) is 12.1. The number of amides is 1. The molecule has 0 aromatic heterocycles. The standard InChI is InChI=1S/C19H20N2O3S/c1-12-8-9-16(24-3)14(10-12)20-19-21-18(22)17(25-19)11-13-6-4-5-7-15(13)23-2/h4-11,19-20H,1-3H3,(H,21,22)/b17-11-. The van der Waals surface area contributed by atoms with Crippen LogP contribution in [0.15, 0.2) is 47.4 Å². The molecule has 1 amide bonds. The van der Waals surface area contributed by atoms with Crippen LogP contribution in [0, 0.1) is 6.92 Å². The highest BCUT2D eigenvalue weighted by molar-refractivity contribution is 8.05. The first kappa shape index (κ1) is 17.2. The van der Waals surface area contributed by atoms with Gasteiger partial charge in [-0.2, -0.15) is 0 Å². The van der Waals surface area contributed by atoms with Gasteiger partial charge in [-0.1, -0.05) is 36.0 Å². The second-order valence-corrected chi connectivity index (χ2v) is 6.72. The van der Waals surface area contributed by atoms with E-state index in [4.69, 9.17) is 9.47 Å². The summed E-state index contributed by atoms with van der Waals surface area (Å²) in [4.78, 5) is 12.9. The molecule has 0 spiro atoms. The number of benzene rings is 2. The largest absolute Gasteiger partial charge is 0.496 e. The zero-order chi connectivity index (χ0) is 17.8. The average molecular weight is 356 g/mol. The number of rotatable bonds is 5. The predicted octanol–water partition coefficient (Wildman–Crippen LogP) is 3.61. The highest BCUT2D eigenvalue weighted by atomic mass is 32.2. The third-order valence-electron chi connectivity index (χ3n) is 3.80. The zero-order valence-electron chi connectivity index (χ0n) is 14.3. The molecule has 5 nitrogen and oxygen atoms in total. The monoisotopic (exact) mass is 356 g/mol. The Morgan fingerprint density at radius 1 is 1.12 bits per heavy atom. The molecular formula is C19H20N2O3S. The van der Waals surface area contributed by atoms with Gasteiger partial charge in [-0.05, 0) is 36.8 Å². The number of para-hydroxylation sites is 1. The second kappa shape index (κ2) is 7.53. The Balaban J connectivity index is 1.79. The first-order valence-corrected chi connectivity index (χ1v) is 8.72. The fourth-order valence-electron chi connectivity index (χ4n) is 2.57. The number of nitrogens with one attached hydrogen (secondary N) is 2. The van der Waals surface area contributed by atoms with E-state index >= 15 is 0 Å². The van der Waals surface area contributed by atoms with Crippen molar-refractivity contribution in [3.05, 3.63) is 58.5 Å². The fraction of sp³-hybridized carbons (Fsp3) is 0.211. The van der Waals surface area contributed by atoms with Crippen LogP contribution in [0.3, 0.4) is 0 Å². The Kier molecular flexibility index (Phi) is 5.19. The van der Waals surface area contributed by atoms with Crippen LogP contribution in [-0.2, 0) is 4.79 Å². The molecule has 130 valence electrons. The van der Waals surface area contributed by atoms with Crippen molar-refractivity contribution < 1.29 is 14.3 Å². The number of thioether (sulfide) groups is 1. The molecule has 0 aliphatic carbocycles. The van der Waals surface area contributed by atoms with Crippen molar-refractivity contribution in [2.24, 2.45) is 0 Å². The number of carbonyl (C=O) groups excluding carboxylic acids is 1. The highest BCUT2D eigenvalue weighted by Crippen LogP contribution is 2.34. The third-order valence-corrected chi connectivity index (χ3v) is 4.83. The van der Waals surface area contributed by atoms with Crippen molar-refractivity contribution >= 4 is 29.4 Å². The van der Waals surface area contributed by atoms with Crippen LogP contribution >= 0.6 is 11.8 Å². The molecule has 0 radical (unpaired) electrons. The van der Waals surface area contributed by atoms with Crippen LogP contribution in [0.25, 0.3) is 6.08 Å². The van der Waals surface area contributed by atoms with E-state index in [1.54, 1.807) is 14.2 Å². The Morgan fingerprint density at radius 2 is 1.88 bits per heavy atom. The summed E-state index contributed by atoms with van der Waals surface area (Å²) in [6.45, 7) is 2.01. The molecule has 1 unspecified atom stereocenters. The Labute approximate surface area is 151 Å². The number of aryl methyl sites for hydroxylation is 1. The van der Waals surface area contributed by atoms with Crippen molar-refractivity contribution in [1.29, 1.82) is 0 Å². The molecular weight excluding hydrogens is 336 g/mol. The molecule has 1 saturated heterocycles. The van der Waals surface area contributed by atoms with Gasteiger partial charge in [-0.3, -0.25) is 4.79 Å². The number of ether oxygens (including phenoxy) is 2. The lowest BCUT2D eigenvalue weighted by Gasteiger charge is -2.16. The normalized spacial score (nSPS) is 18.1. The molecule has 2 aromatic carbocycles. The molecule has 2 N–H and O–H groups in total. The maximum Gasteiger partial charge on any atom is 0.260 e. The maximum atomic E-state index is 12.3. The van der Waals surface area contributed by atoms with Crippen LogP contribution in [0.4, 0.5) is 5.69 Å². The lowest BCUT2D eigenvalue weighted by molar-refractivity contribution is -0.116. The molecule has 6 heteroatoms. The van der Waals surface area contributed by atoms with E-state index < -0.39 is 0 Å². The van der Waals surface area contributed by atoms with Gasteiger partial charge in [0.05, 0.1) is 24.8 Å². The smallest absolute Gasteiger partial charge is 0.260 e. The molecule has 1 aliphatic rings. The van der Waals surface area contributed by atoms with Crippen molar-refractivity contribution in [3.8, 4) is 11.5 Å². The Morgan fingerprint density at radius 3 is 2.64 bits per heavy atom. The van der Waals surface area contributed by atoms with Gasteiger partial charge in [0, 0.05) is 5.56 Å². The summed E-state index contributed by atoms with van der Waals surface area (Å²) >= 11 is 1.43. The van der Waals surface area contributed by atoms with Crippen LogP contribution in [0.2, 0.25) is 0 Å². The number of hydrogen-bond acceptors (Lipinski definition) is 5. The maximum absolute atomic E-state index is 12.3. The molecule has 3 rings (SSSR count). The Bertz CT molecular complexity index is 820. The molecule has 1 atom stereocenters. The summed E-state index contributed by atoms with van der Waals surface area (Å²) in [5.41, 5.74) is 2.57. The summed E-state index contributed by atoms with van der Waals surface area (Å²) in [5.74, 6) is 1.36. The minimum Gasteiger partial charge on any atom is -0.496 e. The fourth-order valence-corrected chi connectivity index (χ4v) is 3.53. The molecule has 0 saturated carbocycles. The molecule has 1 heterocycles. The molecule has 25 heavy (non-hydrogen) atoms. The third kappa shape index (κ3) is 3.91. The minimum absolute atomic E-state index is 0.111. The quantitative estimate of drug-likeness (QED) is 0.802. The minimum atomic E-state index is -0.260. The van der Waals surface area contributed by atoms with Crippen molar-refractivity contribution in [2.75, 3.05) is 19.5 Å². The van der Waals surface area contributed by atoms with Crippen LogP contribution in [0.5, 0.6) is 11.5 Å². The number of methoxy groups -OCH3 is 2. The van der Waals surface area contributed by atoms with Crippen molar-refractivity contribution in [2.45, 2.75) is 12.4 Å². The van der Waals surface area contributed by atoms with Crippen LogP contribution in [0.1, 0.15) is 11.1 Å².